The van der Waals surface area contributed by atoms with Crippen LogP contribution in [0.15, 0.2) is 0 Å². The Morgan fingerprint density at radius 2 is 1.60 bits per heavy atom. The molecular formula is C6H6N4. The molecule has 0 amide bonds. The van der Waals surface area contributed by atoms with Crippen molar-refractivity contribution in [1.82, 2.24) is 15.0 Å². The maximum absolute atomic E-state index is 8.38. The molecule has 1 heterocycles. The number of hydrogen-bond donors (Lipinski definition) is 0. The lowest BCUT2D eigenvalue weighted by molar-refractivity contribution is 0.901. The van der Waals surface area contributed by atoms with Crippen LogP contribution in [0.25, 0.3) is 0 Å². The second-order valence-corrected chi connectivity index (χ2v) is 1.87. The third-order valence-electron chi connectivity index (χ3n) is 0.959. The van der Waals surface area contributed by atoms with E-state index in [9.17, 15) is 0 Å². The molecule has 0 spiro atoms. The van der Waals surface area contributed by atoms with Gasteiger partial charge in [0, 0.05) is 0 Å². The van der Waals surface area contributed by atoms with Crippen LogP contribution in [0.5, 0.6) is 0 Å². The van der Waals surface area contributed by atoms with E-state index >= 15 is 0 Å². The van der Waals surface area contributed by atoms with E-state index in [-0.39, 0.29) is 5.82 Å². The van der Waals surface area contributed by atoms with Crippen molar-refractivity contribution in [3.8, 4) is 6.07 Å². The van der Waals surface area contributed by atoms with Gasteiger partial charge in [-0.25, -0.2) is 15.0 Å². The van der Waals surface area contributed by atoms with E-state index in [0.29, 0.717) is 11.6 Å². The van der Waals surface area contributed by atoms with Crippen molar-refractivity contribution in [2.24, 2.45) is 0 Å². The van der Waals surface area contributed by atoms with Crippen LogP contribution in [-0.2, 0) is 0 Å². The fourth-order valence-electron chi connectivity index (χ4n) is 0.666. The molecule has 1 rings (SSSR count). The quantitative estimate of drug-likeness (QED) is 0.514. The molecule has 0 atom stereocenters. The minimum atomic E-state index is 0.185. The summed E-state index contributed by atoms with van der Waals surface area (Å²) in [4.78, 5) is 11.4. The molecule has 0 bridgehead atoms. The average molecular weight is 134 g/mol. The van der Waals surface area contributed by atoms with Gasteiger partial charge in [0.1, 0.15) is 17.7 Å². The predicted molar refractivity (Wildman–Crippen MR) is 34.0 cm³/mol. The third kappa shape index (κ3) is 1.26. The number of aryl methyl sites for hydroxylation is 2. The second kappa shape index (κ2) is 2.40. The first-order chi connectivity index (χ1) is 4.72. The highest BCUT2D eigenvalue weighted by Gasteiger charge is 1.96. The second-order valence-electron chi connectivity index (χ2n) is 1.87. The lowest BCUT2D eigenvalue weighted by atomic mass is 10.5. The lowest BCUT2D eigenvalue weighted by Gasteiger charge is -1.92. The van der Waals surface area contributed by atoms with Gasteiger partial charge in [-0.05, 0) is 13.8 Å². The highest BCUT2D eigenvalue weighted by molar-refractivity contribution is 5.09. The van der Waals surface area contributed by atoms with Gasteiger partial charge in [0.2, 0.25) is 5.82 Å². The first-order valence-electron chi connectivity index (χ1n) is 2.82. The standard InChI is InChI=1S/C6H6N4/c1-4-8-5(2)10-6(3-7)9-4/h1-2H3. The summed E-state index contributed by atoms with van der Waals surface area (Å²) in [7, 11) is 0. The van der Waals surface area contributed by atoms with Gasteiger partial charge >= 0.3 is 0 Å². The molecule has 1 aromatic heterocycles. The van der Waals surface area contributed by atoms with Crippen molar-refractivity contribution in [2.75, 3.05) is 0 Å². The van der Waals surface area contributed by atoms with E-state index in [1.165, 1.54) is 0 Å². The zero-order valence-electron chi connectivity index (χ0n) is 5.79. The fourth-order valence-corrected chi connectivity index (χ4v) is 0.666. The normalized spacial score (nSPS) is 8.90. The maximum atomic E-state index is 8.38. The van der Waals surface area contributed by atoms with Gasteiger partial charge in [-0.1, -0.05) is 0 Å². The van der Waals surface area contributed by atoms with Crippen LogP contribution < -0.4 is 0 Å². The van der Waals surface area contributed by atoms with E-state index in [0.717, 1.165) is 0 Å². The van der Waals surface area contributed by atoms with Crippen LogP contribution in [0.1, 0.15) is 17.5 Å². The fraction of sp³-hybridized carbons (Fsp3) is 0.333. The average Bonchev–Trinajstić information content (AvgIpc) is 1.85. The molecule has 0 radical (unpaired) electrons. The third-order valence-corrected chi connectivity index (χ3v) is 0.959. The Hall–Kier alpha value is -1.50. The van der Waals surface area contributed by atoms with E-state index in [1.54, 1.807) is 13.8 Å². The van der Waals surface area contributed by atoms with Crippen LogP contribution in [0.2, 0.25) is 0 Å². The number of hydrogen-bond acceptors (Lipinski definition) is 4. The Kier molecular flexibility index (Phi) is 1.59. The van der Waals surface area contributed by atoms with E-state index in [2.05, 4.69) is 15.0 Å². The highest BCUT2D eigenvalue weighted by atomic mass is 15.0. The molecule has 1 aromatic rings. The molecule has 0 N–H and O–H groups in total. The first kappa shape index (κ1) is 6.62. The van der Waals surface area contributed by atoms with E-state index < -0.39 is 0 Å². The maximum Gasteiger partial charge on any atom is 0.235 e. The topological polar surface area (TPSA) is 62.5 Å². The van der Waals surface area contributed by atoms with E-state index in [4.69, 9.17) is 5.26 Å². The SMILES string of the molecule is Cc1nc(C)nc(C#N)n1. The van der Waals surface area contributed by atoms with E-state index in [1.807, 2.05) is 6.07 Å². The van der Waals surface area contributed by atoms with Gasteiger partial charge in [-0.15, -0.1) is 0 Å². The highest BCUT2D eigenvalue weighted by Crippen LogP contribution is 1.90. The van der Waals surface area contributed by atoms with Crippen molar-refractivity contribution in [3.05, 3.63) is 17.5 Å². The summed E-state index contributed by atoms with van der Waals surface area (Å²) in [5.74, 6) is 1.36. The van der Waals surface area contributed by atoms with Gasteiger partial charge in [0.05, 0.1) is 0 Å². The van der Waals surface area contributed by atoms with Crippen LogP contribution in [0.4, 0.5) is 0 Å². The van der Waals surface area contributed by atoms with Crippen molar-refractivity contribution in [3.63, 3.8) is 0 Å². The zero-order valence-corrected chi connectivity index (χ0v) is 5.79. The molecule has 0 aromatic carbocycles. The van der Waals surface area contributed by atoms with Crippen LogP contribution in [-0.4, -0.2) is 15.0 Å². The van der Waals surface area contributed by atoms with Gasteiger partial charge < -0.3 is 0 Å². The smallest absolute Gasteiger partial charge is 0.219 e. The molecule has 4 nitrogen and oxygen atoms in total. The number of nitrogens with zero attached hydrogens (tertiary/aromatic N) is 4. The molecule has 4 heteroatoms. The minimum Gasteiger partial charge on any atom is -0.219 e. The minimum absolute atomic E-state index is 0.185. The van der Waals surface area contributed by atoms with Crippen molar-refractivity contribution in [2.45, 2.75) is 13.8 Å². The van der Waals surface area contributed by atoms with Gasteiger partial charge in [-0.2, -0.15) is 5.26 Å². The summed E-state index contributed by atoms with van der Waals surface area (Å²) < 4.78 is 0. The number of nitriles is 1. The van der Waals surface area contributed by atoms with Gasteiger partial charge in [0.25, 0.3) is 0 Å². The molecule has 0 aliphatic rings. The molecule has 0 aliphatic heterocycles. The Balaban J connectivity index is 3.22. The van der Waals surface area contributed by atoms with Crippen LogP contribution in [0.3, 0.4) is 0 Å². The molecule has 50 valence electrons. The van der Waals surface area contributed by atoms with Crippen molar-refractivity contribution < 1.29 is 0 Å². The molecule has 0 saturated heterocycles. The largest absolute Gasteiger partial charge is 0.235 e. The predicted octanol–water partition coefficient (Wildman–Crippen LogP) is 0.360. The zero-order chi connectivity index (χ0) is 7.56. The Morgan fingerprint density at radius 3 is 2.00 bits per heavy atom. The molecule has 0 fully saturated rings. The Bertz CT molecular complexity index is 266. The molecule has 10 heavy (non-hydrogen) atoms. The summed E-state index contributed by atoms with van der Waals surface area (Å²) in [6, 6.07) is 1.85. The Labute approximate surface area is 58.6 Å². The summed E-state index contributed by atoms with van der Waals surface area (Å²) >= 11 is 0. The Morgan fingerprint density at radius 1 is 1.10 bits per heavy atom. The summed E-state index contributed by atoms with van der Waals surface area (Å²) in [6.07, 6.45) is 0. The van der Waals surface area contributed by atoms with Crippen LogP contribution in [0, 0.1) is 25.2 Å². The van der Waals surface area contributed by atoms with Crippen molar-refractivity contribution in [1.29, 1.82) is 5.26 Å². The summed E-state index contributed by atoms with van der Waals surface area (Å²) in [5, 5.41) is 8.38. The molecule has 0 unspecified atom stereocenters. The summed E-state index contributed by atoms with van der Waals surface area (Å²) in [5.41, 5.74) is 0. The number of aromatic nitrogens is 3. The van der Waals surface area contributed by atoms with Gasteiger partial charge in [0.15, 0.2) is 0 Å². The molecule has 0 saturated carbocycles. The van der Waals surface area contributed by atoms with Crippen LogP contribution >= 0.6 is 0 Å². The number of rotatable bonds is 0. The monoisotopic (exact) mass is 134 g/mol. The van der Waals surface area contributed by atoms with Gasteiger partial charge in [-0.3, -0.25) is 0 Å². The van der Waals surface area contributed by atoms with Crippen molar-refractivity contribution >= 4 is 0 Å². The summed E-state index contributed by atoms with van der Waals surface area (Å²) in [6.45, 7) is 3.46. The molecular weight excluding hydrogens is 128 g/mol. The lowest BCUT2D eigenvalue weighted by Crippen LogP contribution is -1.98. The molecule has 0 aliphatic carbocycles. The first-order valence-corrected chi connectivity index (χ1v) is 2.82.